The van der Waals surface area contributed by atoms with Crippen molar-refractivity contribution in [1.82, 2.24) is 0 Å². The fourth-order valence-electron chi connectivity index (χ4n) is 3.71. The van der Waals surface area contributed by atoms with Crippen LogP contribution in [0, 0.1) is 0 Å². The third-order valence-electron chi connectivity index (χ3n) is 5.53. The Hall–Kier alpha value is -3.14. The molecule has 0 amide bonds. The van der Waals surface area contributed by atoms with E-state index in [1.54, 1.807) is 24.3 Å². The molecule has 168 valence electrons. The summed E-state index contributed by atoms with van der Waals surface area (Å²) in [5.74, 6) is -1.10. The van der Waals surface area contributed by atoms with E-state index in [1.165, 1.54) is 6.08 Å². The van der Waals surface area contributed by atoms with Crippen molar-refractivity contribution in [2.24, 2.45) is 0 Å². The van der Waals surface area contributed by atoms with Crippen LogP contribution in [0.3, 0.4) is 0 Å². The van der Waals surface area contributed by atoms with E-state index < -0.39 is 11.4 Å². The lowest BCUT2D eigenvalue weighted by molar-refractivity contribution is -0.137. The van der Waals surface area contributed by atoms with Crippen LogP contribution >= 0.6 is 23.2 Å². The second-order valence-electron chi connectivity index (χ2n) is 7.72. The van der Waals surface area contributed by atoms with Crippen LogP contribution in [0.5, 0.6) is 0 Å². The summed E-state index contributed by atoms with van der Waals surface area (Å²) >= 11 is 12.2. The first kappa shape index (κ1) is 24.5. The molecule has 1 atom stereocenters. The summed E-state index contributed by atoms with van der Waals surface area (Å²) in [7, 11) is 0. The van der Waals surface area contributed by atoms with Gasteiger partial charge in [0, 0.05) is 16.5 Å². The molecule has 0 saturated heterocycles. The molecular weight excluding hydrogens is 455 g/mol. The number of carbonyl (C=O) groups is 2. The summed E-state index contributed by atoms with van der Waals surface area (Å²) in [5, 5.41) is 10.6. The van der Waals surface area contributed by atoms with Gasteiger partial charge in [0.05, 0.1) is 5.41 Å². The molecule has 3 aromatic carbocycles. The van der Waals surface area contributed by atoms with Gasteiger partial charge in [0.2, 0.25) is 0 Å². The van der Waals surface area contributed by atoms with Crippen LogP contribution < -0.4 is 0 Å². The number of hydrogen-bond donors (Lipinski definition) is 1. The van der Waals surface area contributed by atoms with E-state index in [0.29, 0.717) is 16.5 Å². The zero-order valence-corrected chi connectivity index (χ0v) is 19.5. The highest BCUT2D eigenvalue weighted by atomic mass is 35.5. The van der Waals surface area contributed by atoms with Gasteiger partial charge in [0.1, 0.15) is 0 Å². The van der Waals surface area contributed by atoms with E-state index in [2.05, 4.69) is 0 Å². The summed E-state index contributed by atoms with van der Waals surface area (Å²) < 4.78 is 0. The van der Waals surface area contributed by atoms with Gasteiger partial charge in [-0.25, -0.2) is 0 Å². The maximum Gasteiger partial charge on any atom is 0.303 e. The number of allylic oxidation sites excluding steroid dienone is 2. The molecule has 0 aromatic heterocycles. The fourth-order valence-corrected chi connectivity index (χ4v) is 4.04. The molecule has 1 unspecified atom stereocenters. The molecule has 3 nitrogen and oxygen atoms in total. The average molecular weight is 479 g/mol. The van der Waals surface area contributed by atoms with E-state index in [0.717, 1.165) is 16.7 Å². The number of carboxylic acid groups (broad SMARTS) is 1. The van der Waals surface area contributed by atoms with Gasteiger partial charge in [0.25, 0.3) is 0 Å². The first-order chi connectivity index (χ1) is 15.9. The Bertz CT molecular complexity index is 1150. The molecule has 3 rings (SSSR count). The number of ketones is 1. The minimum absolute atomic E-state index is 0.130. The van der Waals surface area contributed by atoms with Gasteiger partial charge >= 0.3 is 5.97 Å². The maximum absolute atomic E-state index is 13.7. The fraction of sp³-hybridized carbons (Fsp3) is 0.143. The highest BCUT2D eigenvalue weighted by Crippen LogP contribution is 2.36. The Labute approximate surface area is 204 Å². The van der Waals surface area contributed by atoms with Gasteiger partial charge in [-0.05, 0) is 53.8 Å². The maximum atomic E-state index is 13.7. The summed E-state index contributed by atoms with van der Waals surface area (Å²) in [5.41, 5.74) is 1.42. The van der Waals surface area contributed by atoms with Crippen molar-refractivity contribution in [2.75, 3.05) is 0 Å². The number of halogens is 2. The Balaban J connectivity index is 1.99. The zero-order chi connectivity index (χ0) is 23.7. The van der Waals surface area contributed by atoms with Gasteiger partial charge < -0.3 is 5.11 Å². The molecule has 5 heteroatoms. The lowest BCUT2D eigenvalue weighted by atomic mass is 9.70. The zero-order valence-electron chi connectivity index (χ0n) is 18.0. The topological polar surface area (TPSA) is 54.4 Å². The number of carbonyl (C=O) groups excluding carboxylic acids is 1. The van der Waals surface area contributed by atoms with Crippen molar-refractivity contribution >= 4 is 47.1 Å². The minimum Gasteiger partial charge on any atom is -0.481 e. The standard InChI is InChI=1S/C28H24Cl2O3/c29-24-15-12-21(13-16-24)14-17-26(31)28(20-18-27(32)33,23-9-2-1-3-10-23)19-6-8-22-7-4-5-11-25(22)30/h1-17H,18-20H2,(H,32,33). The molecule has 0 heterocycles. The van der Waals surface area contributed by atoms with Crippen LogP contribution in [0.25, 0.3) is 12.2 Å². The molecule has 33 heavy (non-hydrogen) atoms. The molecule has 0 fully saturated rings. The van der Waals surface area contributed by atoms with Crippen LogP contribution in [0.2, 0.25) is 10.0 Å². The van der Waals surface area contributed by atoms with Crippen molar-refractivity contribution in [2.45, 2.75) is 24.7 Å². The Kier molecular flexibility index (Phi) is 8.65. The van der Waals surface area contributed by atoms with Crippen molar-refractivity contribution in [3.63, 3.8) is 0 Å². The quantitative estimate of drug-likeness (QED) is 0.307. The Morgan fingerprint density at radius 2 is 1.52 bits per heavy atom. The summed E-state index contributed by atoms with van der Waals surface area (Å²) in [6.07, 6.45) is 7.40. The molecule has 3 aromatic rings. The second kappa shape index (κ2) is 11.6. The third kappa shape index (κ3) is 6.67. The van der Waals surface area contributed by atoms with Gasteiger partial charge in [0.15, 0.2) is 5.78 Å². The number of aliphatic carboxylic acids is 1. The predicted molar refractivity (Wildman–Crippen MR) is 136 cm³/mol. The molecule has 0 radical (unpaired) electrons. The number of hydrogen-bond acceptors (Lipinski definition) is 2. The SMILES string of the molecule is O=C(O)CCC(CC=Cc1ccccc1Cl)(C(=O)C=Cc1ccc(Cl)cc1)c1ccccc1. The summed E-state index contributed by atoms with van der Waals surface area (Å²) in [6.45, 7) is 0. The third-order valence-corrected chi connectivity index (χ3v) is 6.13. The van der Waals surface area contributed by atoms with E-state index >= 15 is 0 Å². The molecule has 0 saturated carbocycles. The van der Waals surface area contributed by atoms with E-state index in [1.807, 2.05) is 72.8 Å². The van der Waals surface area contributed by atoms with Gasteiger partial charge in [-0.15, -0.1) is 0 Å². The molecular formula is C28H24Cl2O3. The monoisotopic (exact) mass is 478 g/mol. The first-order valence-corrected chi connectivity index (χ1v) is 11.3. The Morgan fingerprint density at radius 1 is 0.848 bits per heavy atom. The smallest absolute Gasteiger partial charge is 0.303 e. The molecule has 1 N–H and O–H groups in total. The van der Waals surface area contributed by atoms with Gasteiger partial charge in [-0.2, -0.15) is 0 Å². The highest BCUT2D eigenvalue weighted by molar-refractivity contribution is 6.32. The Morgan fingerprint density at radius 3 is 2.18 bits per heavy atom. The van der Waals surface area contributed by atoms with Crippen molar-refractivity contribution in [3.8, 4) is 0 Å². The van der Waals surface area contributed by atoms with Crippen molar-refractivity contribution in [3.05, 3.63) is 118 Å². The normalized spacial score (nSPS) is 13.3. The summed E-state index contributed by atoms with van der Waals surface area (Å²) in [6, 6.07) is 23.9. The largest absolute Gasteiger partial charge is 0.481 e. The van der Waals surface area contributed by atoms with Crippen LogP contribution in [-0.4, -0.2) is 16.9 Å². The lowest BCUT2D eigenvalue weighted by Gasteiger charge is -2.31. The number of carboxylic acids is 1. The first-order valence-electron chi connectivity index (χ1n) is 10.6. The predicted octanol–water partition coefficient (Wildman–Crippen LogP) is 7.48. The van der Waals surface area contributed by atoms with Crippen LogP contribution in [0.15, 0.2) is 91.0 Å². The molecule has 0 aliphatic rings. The number of rotatable bonds is 10. The van der Waals surface area contributed by atoms with Gasteiger partial charge in [-0.3, -0.25) is 9.59 Å². The molecule has 0 aliphatic heterocycles. The molecule has 0 spiro atoms. The number of benzene rings is 3. The van der Waals surface area contributed by atoms with E-state index in [-0.39, 0.29) is 18.6 Å². The van der Waals surface area contributed by atoms with E-state index in [4.69, 9.17) is 23.2 Å². The van der Waals surface area contributed by atoms with Gasteiger partial charge in [-0.1, -0.05) is 102 Å². The average Bonchev–Trinajstić information content (AvgIpc) is 2.82. The highest BCUT2D eigenvalue weighted by Gasteiger charge is 2.37. The van der Waals surface area contributed by atoms with Crippen LogP contribution in [0.4, 0.5) is 0 Å². The van der Waals surface area contributed by atoms with Crippen molar-refractivity contribution in [1.29, 1.82) is 0 Å². The van der Waals surface area contributed by atoms with Crippen molar-refractivity contribution < 1.29 is 14.7 Å². The molecule has 0 aliphatic carbocycles. The van der Waals surface area contributed by atoms with E-state index in [9.17, 15) is 14.7 Å². The summed E-state index contributed by atoms with van der Waals surface area (Å²) in [4.78, 5) is 25.1. The second-order valence-corrected chi connectivity index (χ2v) is 8.56. The minimum atomic E-state index is -1.03. The lowest BCUT2D eigenvalue weighted by Crippen LogP contribution is -2.35. The van der Waals surface area contributed by atoms with Crippen LogP contribution in [-0.2, 0) is 15.0 Å². The van der Waals surface area contributed by atoms with Crippen LogP contribution in [0.1, 0.15) is 36.0 Å². The molecule has 0 bridgehead atoms.